The lowest BCUT2D eigenvalue weighted by Crippen LogP contribution is -2.14. The molecule has 0 fully saturated rings. The van der Waals surface area contributed by atoms with Crippen LogP contribution in [0.5, 0.6) is 11.5 Å². The average molecular weight is 467 g/mol. The van der Waals surface area contributed by atoms with Gasteiger partial charge < -0.3 is 18.9 Å². The van der Waals surface area contributed by atoms with Gasteiger partial charge in [-0.25, -0.2) is 9.59 Å². The minimum atomic E-state index is -0.746. The molecule has 0 bridgehead atoms. The van der Waals surface area contributed by atoms with Crippen LogP contribution in [-0.4, -0.2) is 25.5 Å². The Hall–Kier alpha value is -3.28. The van der Waals surface area contributed by atoms with Gasteiger partial charge >= 0.3 is 12.3 Å². The van der Waals surface area contributed by atoms with Crippen molar-refractivity contribution in [3.8, 4) is 11.5 Å². The molecule has 0 aliphatic rings. The molecule has 0 radical (unpaired) electrons. The van der Waals surface area contributed by atoms with Crippen molar-refractivity contribution < 1.29 is 28.5 Å². The predicted octanol–water partition coefficient (Wildman–Crippen LogP) is 8.02. The summed E-state index contributed by atoms with van der Waals surface area (Å²) in [5.74, 6) is 0.774. The summed E-state index contributed by atoms with van der Waals surface area (Å²) in [6.45, 7) is 8.77. The third-order valence-electron chi connectivity index (χ3n) is 5.85. The number of hydrogen-bond donors (Lipinski definition) is 0. The number of aryl methyl sites for hydroxylation is 2. The Balaban J connectivity index is 2.02. The van der Waals surface area contributed by atoms with Crippen molar-refractivity contribution in [1.82, 2.24) is 0 Å². The van der Waals surface area contributed by atoms with Crippen LogP contribution in [0, 0.1) is 13.8 Å². The number of unbranched alkanes of at least 4 members (excludes halogenated alkanes) is 4. The molecular weight excluding hydrogens is 432 g/mol. The van der Waals surface area contributed by atoms with E-state index in [0.717, 1.165) is 49.7 Å². The van der Waals surface area contributed by atoms with Crippen LogP contribution in [0.15, 0.2) is 36.4 Å². The van der Waals surface area contributed by atoms with Crippen molar-refractivity contribution >= 4 is 33.9 Å². The summed E-state index contributed by atoms with van der Waals surface area (Å²) in [6, 6.07) is 11.3. The van der Waals surface area contributed by atoms with E-state index in [1.54, 1.807) is 0 Å². The summed E-state index contributed by atoms with van der Waals surface area (Å²) < 4.78 is 22.1. The highest BCUT2D eigenvalue weighted by Gasteiger charge is 2.22. The number of ether oxygens (including phenoxy) is 4. The van der Waals surface area contributed by atoms with Gasteiger partial charge in [0.25, 0.3) is 0 Å². The fourth-order valence-electron chi connectivity index (χ4n) is 3.82. The van der Waals surface area contributed by atoms with Gasteiger partial charge in [0, 0.05) is 21.5 Å². The van der Waals surface area contributed by atoms with E-state index in [-0.39, 0.29) is 0 Å². The Bertz CT molecular complexity index is 1060. The second-order valence-corrected chi connectivity index (χ2v) is 8.50. The molecule has 6 nitrogen and oxygen atoms in total. The molecule has 0 saturated carbocycles. The number of benzene rings is 3. The van der Waals surface area contributed by atoms with E-state index < -0.39 is 12.3 Å². The summed E-state index contributed by atoms with van der Waals surface area (Å²) in [4.78, 5) is 25.0. The number of rotatable bonds is 10. The second-order valence-electron chi connectivity index (χ2n) is 8.50. The Morgan fingerprint density at radius 1 is 0.647 bits per heavy atom. The molecule has 182 valence electrons. The summed E-state index contributed by atoms with van der Waals surface area (Å²) >= 11 is 0. The molecule has 3 aromatic rings. The largest absolute Gasteiger partial charge is 0.513 e. The lowest BCUT2D eigenvalue weighted by molar-refractivity contribution is 0.0966. The van der Waals surface area contributed by atoms with Crippen molar-refractivity contribution in [2.75, 3.05) is 13.2 Å². The molecule has 0 aliphatic heterocycles. The Morgan fingerprint density at radius 3 is 1.44 bits per heavy atom. The van der Waals surface area contributed by atoms with E-state index in [1.807, 2.05) is 50.2 Å². The van der Waals surface area contributed by atoms with Gasteiger partial charge in [-0.3, -0.25) is 0 Å². The van der Waals surface area contributed by atoms with Crippen LogP contribution in [0.2, 0.25) is 0 Å². The molecule has 0 amide bonds. The maximum Gasteiger partial charge on any atom is 0.513 e. The van der Waals surface area contributed by atoms with E-state index in [4.69, 9.17) is 18.9 Å². The van der Waals surface area contributed by atoms with Crippen molar-refractivity contribution in [3.05, 3.63) is 47.5 Å². The number of carbonyl (C=O) groups excluding carboxylic acids is 2. The minimum Gasteiger partial charge on any atom is -0.434 e. The summed E-state index contributed by atoms with van der Waals surface area (Å²) in [6.07, 6.45) is 4.13. The monoisotopic (exact) mass is 466 g/mol. The molecule has 0 atom stereocenters. The molecule has 6 heteroatoms. The van der Waals surface area contributed by atoms with Gasteiger partial charge in [-0.2, -0.15) is 0 Å². The normalized spacial score (nSPS) is 10.9. The molecular formula is C28H34O6. The second kappa shape index (κ2) is 12.3. The van der Waals surface area contributed by atoms with Crippen molar-refractivity contribution in [2.24, 2.45) is 0 Å². The first-order chi connectivity index (χ1) is 16.5. The zero-order valence-corrected chi connectivity index (χ0v) is 20.6. The van der Waals surface area contributed by atoms with E-state index in [9.17, 15) is 9.59 Å². The average Bonchev–Trinajstić information content (AvgIpc) is 2.83. The van der Waals surface area contributed by atoms with E-state index in [1.165, 1.54) is 0 Å². The van der Waals surface area contributed by atoms with Gasteiger partial charge in [-0.05, 0) is 49.9 Å². The third kappa shape index (κ3) is 6.19. The van der Waals surface area contributed by atoms with Crippen molar-refractivity contribution in [3.63, 3.8) is 0 Å². The molecule has 0 unspecified atom stereocenters. The summed E-state index contributed by atoms with van der Waals surface area (Å²) in [7, 11) is 0. The first-order valence-electron chi connectivity index (χ1n) is 12.1. The van der Waals surface area contributed by atoms with Gasteiger partial charge in [0.15, 0.2) is 0 Å². The summed E-state index contributed by atoms with van der Waals surface area (Å²) in [5.41, 5.74) is 2.05. The highest BCUT2D eigenvalue weighted by atomic mass is 16.7. The maximum atomic E-state index is 12.5. The number of hydrogen-bond acceptors (Lipinski definition) is 6. The van der Waals surface area contributed by atoms with Gasteiger partial charge in [0.2, 0.25) is 0 Å². The molecule has 0 saturated heterocycles. The van der Waals surface area contributed by atoms with Gasteiger partial charge in [-0.1, -0.05) is 63.8 Å². The zero-order valence-electron chi connectivity index (χ0n) is 20.6. The molecule has 0 aliphatic carbocycles. The maximum absolute atomic E-state index is 12.5. The SMILES string of the molecule is CCCCCOC(=O)Oc1c2ccccc2c(OC(=O)OCCCCC)c2cc(C)c(C)cc12. The first kappa shape index (κ1) is 25.3. The van der Waals surface area contributed by atoms with Crippen LogP contribution in [0.3, 0.4) is 0 Å². The smallest absolute Gasteiger partial charge is 0.434 e. The molecule has 0 N–H and O–H groups in total. The molecule has 0 aromatic heterocycles. The summed E-state index contributed by atoms with van der Waals surface area (Å²) in [5, 5.41) is 2.64. The quantitative estimate of drug-likeness (QED) is 0.130. The third-order valence-corrected chi connectivity index (χ3v) is 5.85. The van der Waals surface area contributed by atoms with Crippen LogP contribution in [0.1, 0.15) is 63.5 Å². The van der Waals surface area contributed by atoms with Gasteiger partial charge in [0.1, 0.15) is 11.5 Å². The Labute approximate surface area is 201 Å². The lowest BCUT2D eigenvalue weighted by Gasteiger charge is -2.17. The van der Waals surface area contributed by atoms with Crippen molar-refractivity contribution in [1.29, 1.82) is 0 Å². The van der Waals surface area contributed by atoms with Gasteiger partial charge in [-0.15, -0.1) is 0 Å². The molecule has 34 heavy (non-hydrogen) atoms. The van der Waals surface area contributed by atoms with Crippen LogP contribution >= 0.6 is 0 Å². The standard InChI is InChI=1S/C28H34O6/c1-5-7-11-15-31-27(29)33-25-21-13-9-10-14-22(21)26(34-28(30)32-16-12-8-6-2)24-18-20(4)19(3)17-23(24)25/h9-10,13-14,17-18H,5-8,11-12,15-16H2,1-4H3. The number of fused-ring (bicyclic) bond motifs is 2. The fourth-order valence-corrected chi connectivity index (χ4v) is 3.82. The van der Waals surface area contributed by atoms with Crippen molar-refractivity contribution in [2.45, 2.75) is 66.2 Å². The highest BCUT2D eigenvalue weighted by molar-refractivity contribution is 6.12. The van der Waals surface area contributed by atoms with Gasteiger partial charge in [0.05, 0.1) is 13.2 Å². The molecule has 0 heterocycles. The lowest BCUT2D eigenvalue weighted by atomic mass is 9.96. The van der Waals surface area contributed by atoms with E-state index in [2.05, 4.69) is 13.8 Å². The van der Waals surface area contributed by atoms with Crippen LogP contribution < -0.4 is 9.47 Å². The highest BCUT2D eigenvalue weighted by Crippen LogP contribution is 2.44. The Kier molecular flexibility index (Phi) is 9.14. The fraction of sp³-hybridized carbons (Fsp3) is 0.429. The topological polar surface area (TPSA) is 71.1 Å². The van der Waals surface area contributed by atoms with Crippen LogP contribution in [0.4, 0.5) is 9.59 Å². The first-order valence-corrected chi connectivity index (χ1v) is 12.1. The molecule has 0 spiro atoms. The van der Waals surface area contributed by atoms with E-state index >= 15 is 0 Å². The minimum absolute atomic E-state index is 0.311. The number of carbonyl (C=O) groups is 2. The Morgan fingerprint density at radius 2 is 1.06 bits per heavy atom. The van der Waals surface area contributed by atoms with Crippen LogP contribution in [0.25, 0.3) is 21.5 Å². The molecule has 3 aromatic carbocycles. The molecule has 3 rings (SSSR count). The van der Waals surface area contributed by atoms with Crippen LogP contribution in [-0.2, 0) is 9.47 Å². The predicted molar refractivity (Wildman–Crippen MR) is 134 cm³/mol. The van der Waals surface area contributed by atoms with E-state index in [0.29, 0.717) is 46.3 Å². The zero-order chi connectivity index (χ0) is 24.5.